The fourth-order valence-corrected chi connectivity index (χ4v) is 2.44. The Morgan fingerprint density at radius 2 is 2.18 bits per heavy atom. The van der Waals surface area contributed by atoms with E-state index < -0.39 is 11.6 Å². The summed E-state index contributed by atoms with van der Waals surface area (Å²) in [7, 11) is 0. The topological polar surface area (TPSA) is 49.4 Å². The van der Waals surface area contributed by atoms with Crippen molar-refractivity contribution < 1.29 is 9.59 Å². The number of piperazine rings is 1. The van der Waals surface area contributed by atoms with Crippen LogP contribution in [0.2, 0.25) is 0 Å². The van der Waals surface area contributed by atoms with Gasteiger partial charge in [0, 0.05) is 12.1 Å². The highest BCUT2D eigenvalue weighted by molar-refractivity contribution is 6.25. The van der Waals surface area contributed by atoms with Crippen molar-refractivity contribution in [3.63, 3.8) is 0 Å². The number of carbonyl (C=O) groups is 2. The molecule has 0 bridgehead atoms. The van der Waals surface area contributed by atoms with Crippen LogP contribution < -0.4 is 5.32 Å². The van der Waals surface area contributed by atoms with Gasteiger partial charge in [-0.05, 0) is 32.6 Å². The number of carbonyl (C=O) groups excluding carboxylic acids is 2. The number of rotatable bonds is 3. The molecular weight excluding hydrogens is 240 g/mol. The number of nitrogens with zero attached hydrogens (tertiary/aromatic N) is 1. The Kier molecular flexibility index (Phi) is 3.17. The van der Waals surface area contributed by atoms with Crippen LogP contribution in [0.4, 0.5) is 0 Å². The van der Waals surface area contributed by atoms with Gasteiger partial charge < -0.3 is 10.2 Å². The smallest absolute Gasteiger partial charge is 0.249 e. The van der Waals surface area contributed by atoms with E-state index in [1.807, 2.05) is 6.92 Å². The van der Waals surface area contributed by atoms with E-state index in [4.69, 9.17) is 11.6 Å². The molecule has 0 aromatic rings. The van der Waals surface area contributed by atoms with Gasteiger partial charge in [0.1, 0.15) is 11.6 Å². The molecule has 4 nitrogen and oxygen atoms in total. The Morgan fingerprint density at radius 1 is 1.53 bits per heavy atom. The molecule has 2 rings (SSSR count). The summed E-state index contributed by atoms with van der Waals surface area (Å²) in [6, 6.07) is -0.429. The van der Waals surface area contributed by atoms with Crippen molar-refractivity contribution in [2.75, 3.05) is 6.54 Å². The van der Waals surface area contributed by atoms with Crippen LogP contribution in [-0.2, 0) is 9.59 Å². The lowest BCUT2D eigenvalue weighted by Gasteiger charge is -2.43. The molecule has 0 aromatic heterocycles. The first-order valence-corrected chi connectivity index (χ1v) is 6.32. The number of hydrogen-bond acceptors (Lipinski definition) is 2. The molecule has 94 valence electrons. The molecule has 1 saturated heterocycles. The molecule has 0 spiro atoms. The molecule has 5 heteroatoms. The van der Waals surface area contributed by atoms with Crippen LogP contribution in [0.15, 0.2) is 11.6 Å². The van der Waals surface area contributed by atoms with Gasteiger partial charge >= 0.3 is 0 Å². The van der Waals surface area contributed by atoms with Gasteiger partial charge in [-0.15, -0.1) is 0 Å². The van der Waals surface area contributed by atoms with Crippen LogP contribution in [-0.4, -0.2) is 34.8 Å². The first-order valence-electron chi connectivity index (χ1n) is 5.89. The monoisotopic (exact) mass is 256 g/mol. The fraction of sp³-hybridized carbons (Fsp3) is 0.667. The molecule has 2 unspecified atom stereocenters. The Labute approximate surface area is 106 Å². The first-order chi connectivity index (χ1) is 8.00. The van der Waals surface area contributed by atoms with Gasteiger partial charge in [0.15, 0.2) is 0 Å². The molecule has 1 saturated carbocycles. The standard InChI is InChI=1S/C12H17ClN2O2/c1-8-10(16)14-12(2,9-4-5-9)11(17)15(8)7-3-6-13/h3,6,8-9H,4-5,7H2,1-2H3,(H,14,16)/b6-3+. The summed E-state index contributed by atoms with van der Waals surface area (Å²) < 4.78 is 0. The molecule has 1 aliphatic heterocycles. The zero-order valence-corrected chi connectivity index (χ0v) is 10.8. The second-order valence-electron chi connectivity index (χ2n) is 4.96. The molecule has 2 fully saturated rings. The summed E-state index contributed by atoms with van der Waals surface area (Å²) in [5, 5.41) is 2.87. The van der Waals surface area contributed by atoms with Crippen molar-refractivity contribution in [2.45, 2.75) is 38.3 Å². The molecule has 1 heterocycles. The zero-order chi connectivity index (χ0) is 12.6. The van der Waals surface area contributed by atoms with Crippen molar-refractivity contribution in [3.8, 4) is 0 Å². The molecular formula is C12H17ClN2O2. The maximum absolute atomic E-state index is 12.4. The SMILES string of the molecule is CC1C(=O)NC(C)(C2CC2)C(=O)N1C/C=C/Cl. The van der Waals surface area contributed by atoms with E-state index in [0.717, 1.165) is 12.8 Å². The van der Waals surface area contributed by atoms with Crippen LogP contribution in [0.3, 0.4) is 0 Å². The number of amides is 2. The number of nitrogens with one attached hydrogen (secondary N) is 1. The lowest BCUT2D eigenvalue weighted by molar-refractivity contribution is -0.153. The highest BCUT2D eigenvalue weighted by Gasteiger charge is 2.54. The zero-order valence-electron chi connectivity index (χ0n) is 10.1. The quantitative estimate of drug-likeness (QED) is 0.826. The molecule has 2 amide bonds. The van der Waals surface area contributed by atoms with Crippen molar-refractivity contribution in [2.24, 2.45) is 5.92 Å². The van der Waals surface area contributed by atoms with E-state index in [9.17, 15) is 9.59 Å². The van der Waals surface area contributed by atoms with Crippen LogP contribution >= 0.6 is 11.6 Å². The van der Waals surface area contributed by atoms with Crippen molar-refractivity contribution in [3.05, 3.63) is 11.6 Å². The van der Waals surface area contributed by atoms with Gasteiger partial charge in [-0.2, -0.15) is 0 Å². The predicted molar refractivity (Wildman–Crippen MR) is 65.4 cm³/mol. The number of halogens is 1. The van der Waals surface area contributed by atoms with E-state index in [2.05, 4.69) is 5.32 Å². The summed E-state index contributed by atoms with van der Waals surface area (Å²) in [6.45, 7) is 3.95. The molecule has 0 radical (unpaired) electrons. The maximum atomic E-state index is 12.4. The lowest BCUT2D eigenvalue weighted by atomic mass is 9.89. The minimum atomic E-state index is -0.719. The van der Waals surface area contributed by atoms with Gasteiger partial charge in [0.2, 0.25) is 11.8 Å². The van der Waals surface area contributed by atoms with E-state index in [-0.39, 0.29) is 17.7 Å². The minimum absolute atomic E-state index is 0.00173. The highest BCUT2D eigenvalue weighted by Crippen LogP contribution is 2.42. The summed E-state index contributed by atoms with van der Waals surface area (Å²) in [5.41, 5.74) is 0.657. The molecule has 2 atom stereocenters. The second-order valence-corrected chi connectivity index (χ2v) is 5.21. The van der Waals surface area contributed by atoms with E-state index in [1.54, 1.807) is 17.9 Å². The number of hydrogen-bond donors (Lipinski definition) is 1. The van der Waals surface area contributed by atoms with Gasteiger partial charge in [0.25, 0.3) is 0 Å². The molecule has 1 N–H and O–H groups in total. The van der Waals surface area contributed by atoms with E-state index in [1.165, 1.54) is 5.54 Å². The predicted octanol–water partition coefficient (Wildman–Crippen LogP) is 1.25. The summed E-state index contributed by atoms with van der Waals surface area (Å²) >= 11 is 5.48. The van der Waals surface area contributed by atoms with Gasteiger partial charge in [-0.25, -0.2) is 0 Å². The minimum Gasteiger partial charge on any atom is -0.340 e. The van der Waals surface area contributed by atoms with Gasteiger partial charge in [0.05, 0.1) is 0 Å². The Bertz CT molecular complexity index is 379. The molecule has 0 aromatic carbocycles. The van der Waals surface area contributed by atoms with Crippen molar-refractivity contribution in [1.82, 2.24) is 10.2 Å². The Hall–Kier alpha value is -1.03. The first kappa shape index (κ1) is 12.4. The van der Waals surface area contributed by atoms with E-state index >= 15 is 0 Å². The second kappa shape index (κ2) is 4.33. The van der Waals surface area contributed by atoms with E-state index in [0.29, 0.717) is 6.54 Å². The Balaban J connectivity index is 2.23. The largest absolute Gasteiger partial charge is 0.340 e. The normalized spacial score (nSPS) is 34.3. The fourth-order valence-electron chi connectivity index (χ4n) is 2.36. The summed E-state index contributed by atoms with van der Waals surface area (Å²) in [5.74, 6) is 0.206. The summed E-state index contributed by atoms with van der Waals surface area (Å²) in [4.78, 5) is 25.9. The van der Waals surface area contributed by atoms with Crippen molar-refractivity contribution >= 4 is 23.4 Å². The van der Waals surface area contributed by atoms with Crippen molar-refractivity contribution in [1.29, 1.82) is 0 Å². The third kappa shape index (κ3) is 2.06. The third-order valence-corrected chi connectivity index (χ3v) is 3.90. The van der Waals surface area contributed by atoms with Crippen LogP contribution in [0.25, 0.3) is 0 Å². The van der Waals surface area contributed by atoms with Gasteiger partial charge in [-0.3, -0.25) is 9.59 Å². The average molecular weight is 257 g/mol. The lowest BCUT2D eigenvalue weighted by Crippen LogP contribution is -2.69. The van der Waals surface area contributed by atoms with Crippen LogP contribution in [0.5, 0.6) is 0 Å². The third-order valence-electron chi connectivity index (χ3n) is 3.72. The molecule has 17 heavy (non-hydrogen) atoms. The Morgan fingerprint density at radius 3 is 2.71 bits per heavy atom. The summed E-state index contributed by atoms with van der Waals surface area (Å²) in [6.07, 6.45) is 3.70. The highest BCUT2D eigenvalue weighted by atomic mass is 35.5. The van der Waals surface area contributed by atoms with Crippen LogP contribution in [0.1, 0.15) is 26.7 Å². The van der Waals surface area contributed by atoms with Crippen LogP contribution in [0, 0.1) is 5.92 Å². The average Bonchev–Trinajstić information content (AvgIpc) is 3.11. The maximum Gasteiger partial charge on any atom is 0.249 e. The molecule has 1 aliphatic carbocycles. The molecule has 2 aliphatic rings. The van der Waals surface area contributed by atoms with Gasteiger partial charge in [-0.1, -0.05) is 17.7 Å².